The second-order valence-corrected chi connectivity index (χ2v) is 15.2. The van der Waals surface area contributed by atoms with Crippen LogP contribution >= 0.6 is 0 Å². The minimum absolute atomic E-state index is 0.546. The van der Waals surface area contributed by atoms with Crippen LogP contribution in [0.3, 0.4) is 0 Å². The number of para-hydroxylation sites is 3. The summed E-state index contributed by atoms with van der Waals surface area (Å²) in [5.74, 6) is 1.79. The van der Waals surface area contributed by atoms with Crippen LogP contribution in [0.2, 0.25) is 0 Å². The first-order valence-corrected chi connectivity index (χ1v) is 19.4. The quantitative estimate of drug-likeness (QED) is 0.175. The highest BCUT2D eigenvalue weighted by atomic mass is 16.5. The molecule has 0 fully saturated rings. The van der Waals surface area contributed by atoms with Gasteiger partial charge in [-0.3, -0.25) is 0 Å². The monoisotopic (exact) mass is 712 g/mol. The Kier molecular flexibility index (Phi) is 5.83. The minimum Gasteiger partial charge on any atom is -0.454 e. The zero-order valence-electron chi connectivity index (χ0n) is 30.3. The molecule has 0 radical (unpaired) electrons. The summed E-state index contributed by atoms with van der Waals surface area (Å²) in [5.41, 5.74) is 13.8. The van der Waals surface area contributed by atoms with Crippen LogP contribution in [0.4, 0.5) is 0 Å². The van der Waals surface area contributed by atoms with Gasteiger partial charge < -0.3 is 13.9 Å². The van der Waals surface area contributed by atoms with E-state index in [0.717, 1.165) is 39.5 Å². The molecule has 1 aliphatic carbocycles. The Balaban J connectivity index is 1.14. The third kappa shape index (κ3) is 3.67. The van der Waals surface area contributed by atoms with E-state index < -0.39 is 5.41 Å². The smallest absolute Gasteiger partial charge is 0.156 e. The molecule has 260 valence electrons. The molecule has 3 heteroatoms. The lowest BCUT2D eigenvalue weighted by Gasteiger charge is -2.39. The van der Waals surface area contributed by atoms with E-state index in [1.54, 1.807) is 0 Å². The maximum atomic E-state index is 7.27. The summed E-state index contributed by atoms with van der Waals surface area (Å²) in [6, 6.07) is 71.0. The molecule has 56 heavy (non-hydrogen) atoms. The van der Waals surface area contributed by atoms with E-state index in [9.17, 15) is 0 Å². The van der Waals surface area contributed by atoms with Crippen LogP contribution in [0.1, 0.15) is 22.3 Å². The summed E-state index contributed by atoms with van der Waals surface area (Å²) in [5, 5.41) is 7.38. The highest BCUT2D eigenvalue weighted by molar-refractivity contribution is 6.23. The summed E-state index contributed by atoms with van der Waals surface area (Å²) in [7, 11) is 0. The van der Waals surface area contributed by atoms with Gasteiger partial charge in [-0.1, -0.05) is 146 Å². The molecule has 0 N–H and O–H groups in total. The van der Waals surface area contributed by atoms with Gasteiger partial charge in [-0.05, 0) is 81.6 Å². The van der Waals surface area contributed by atoms with Crippen LogP contribution < -0.4 is 4.74 Å². The van der Waals surface area contributed by atoms with Crippen molar-refractivity contribution in [2.24, 2.45) is 0 Å². The van der Waals surface area contributed by atoms with Gasteiger partial charge >= 0.3 is 0 Å². The number of aromatic nitrogens is 2. The first kappa shape index (κ1) is 30.0. The lowest BCUT2D eigenvalue weighted by Crippen LogP contribution is -2.32. The normalized spacial score (nSPS) is 13.6. The van der Waals surface area contributed by atoms with Crippen LogP contribution in [0.5, 0.6) is 11.5 Å². The topological polar surface area (TPSA) is 19.1 Å². The summed E-state index contributed by atoms with van der Waals surface area (Å²) in [6.07, 6.45) is 0. The number of fused-ring (bicyclic) bond motifs is 18. The highest BCUT2D eigenvalue weighted by Crippen LogP contribution is 2.63. The van der Waals surface area contributed by atoms with E-state index >= 15 is 0 Å². The van der Waals surface area contributed by atoms with Crippen LogP contribution in [0.15, 0.2) is 194 Å². The van der Waals surface area contributed by atoms with Crippen molar-refractivity contribution in [3.8, 4) is 34.0 Å². The van der Waals surface area contributed by atoms with Gasteiger partial charge in [0.05, 0.1) is 27.5 Å². The Bertz CT molecular complexity index is 3360. The molecule has 0 saturated carbocycles. The SMILES string of the molecule is c1ccc2c(c1)Oc1c(ccc3c4c5ccccc5ccc4n(-c4ccc(-n5c6ccccc6c6ccccc65)cc4)c13)C21c2ccccc2-c2ccccc21. The van der Waals surface area contributed by atoms with E-state index in [1.807, 2.05) is 0 Å². The van der Waals surface area contributed by atoms with Crippen molar-refractivity contribution < 1.29 is 4.74 Å². The Morgan fingerprint density at radius 1 is 0.357 bits per heavy atom. The Morgan fingerprint density at radius 3 is 1.61 bits per heavy atom. The van der Waals surface area contributed by atoms with Gasteiger partial charge in [0.1, 0.15) is 5.75 Å². The molecule has 3 nitrogen and oxygen atoms in total. The van der Waals surface area contributed by atoms with Crippen LogP contribution in [0, 0.1) is 0 Å². The van der Waals surface area contributed by atoms with Gasteiger partial charge in [0, 0.05) is 44.0 Å². The van der Waals surface area contributed by atoms with E-state index in [-0.39, 0.29) is 0 Å². The number of benzene rings is 9. The maximum Gasteiger partial charge on any atom is 0.156 e. The first-order chi connectivity index (χ1) is 27.8. The molecule has 0 saturated heterocycles. The fraction of sp³-hybridized carbons (Fsp3) is 0.0189. The number of nitrogens with zero attached hydrogens (tertiary/aromatic N) is 2. The molecule has 3 heterocycles. The Morgan fingerprint density at radius 2 is 0.911 bits per heavy atom. The summed E-state index contributed by atoms with van der Waals surface area (Å²) >= 11 is 0. The molecule has 2 aliphatic rings. The predicted molar refractivity (Wildman–Crippen MR) is 230 cm³/mol. The van der Waals surface area contributed by atoms with Crippen molar-refractivity contribution in [2.75, 3.05) is 0 Å². The van der Waals surface area contributed by atoms with Crippen LogP contribution in [-0.2, 0) is 5.41 Å². The van der Waals surface area contributed by atoms with Gasteiger partial charge in [0.25, 0.3) is 0 Å². The van der Waals surface area contributed by atoms with Gasteiger partial charge in [-0.25, -0.2) is 0 Å². The van der Waals surface area contributed by atoms with Gasteiger partial charge in [-0.2, -0.15) is 0 Å². The van der Waals surface area contributed by atoms with E-state index in [2.05, 4.69) is 203 Å². The average molecular weight is 713 g/mol. The zero-order valence-corrected chi connectivity index (χ0v) is 30.3. The molecule has 1 spiro atoms. The molecule has 1 aliphatic heterocycles. The van der Waals surface area contributed by atoms with Crippen molar-refractivity contribution in [1.82, 2.24) is 9.13 Å². The lowest BCUT2D eigenvalue weighted by atomic mass is 9.66. The number of ether oxygens (including phenoxy) is 1. The average Bonchev–Trinajstić information content (AvgIpc) is 3.89. The largest absolute Gasteiger partial charge is 0.454 e. The first-order valence-electron chi connectivity index (χ1n) is 19.4. The molecule has 0 amide bonds. The van der Waals surface area contributed by atoms with E-state index in [4.69, 9.17) is 4.74 Å². The van der Waals surface area contributed by atoms with Gasteiger partial charge in [0.2, 0.25) is 0 Å². The van der Waals surface area contributed by atoms with Crippen LogP contribution in [-0.4, -0.2) is 9.13 Å². The van der Waals surface area contributed by atoms with Gasteiger partial charge in [-0.15, -0.1) is 0 Å². The highest BCUT2D eigenvalue weighted by Gasteiger charge is 2.51. The van der Waals surface area contributed by atoms with E-state index in [1.165, 1.54) is 71.2 Å². The third-order valence-corrected chi connectivity index (χ3v) is 12.6. The zero-order chi connectivity index (χ0) is 36.5. The predicted octanol–water partition coefficient (Wildman–Crippen LogP) is 13.5. The van der Waals surface area contributed by atoms with Crippen molar-refractivity contribution in [1.29, 1.82) is 0 Å². The van der Waals surface area contributed by atoms with Crippen molar-refractivity contribution in [3.63, 3.8) is 0 Å². The molecule has 0 bridgehead atoms. The van der Waals surface area contributed by atoms with Crippen molar-refractivity contribution in [3.05, 3.63) is 216 Å². The van der Waals surface area contributed by atoms with Gasteiger partial charge in [0.15, 0.2) is 5.75 Å². The molecule has 9 aromatic carbocycles. The number of rotatable bonds is 2. The molecular formula is C53H32N2O. The Hall–Kier alpha value is -7.36. The molecule has 0 unspecified atom stereocenters. The molecular weight excluding hydrogens is 681 g/mol. The summed E-state index contributed by atoms with van der Waals surface area (Å²) in [6.45, 7) is 0. The lowest BCUT2D eigenvalue weighted by molar-refractivity contribution is 0.440. The second-order valence-electron chi connectivity index (χ2n) is 15.2. The fourth-order valence-electron chi connectivity index (χ4n) is 10.4. The minimum atomic E-state index is -0.546. The van der Waals surface area contributed by atoms with E-state index in [0.29, 0.717) is 0 Å². The summed E-state index contributed by atoms with van der Waals surface area (Å²) < 4.78 is 12.1. The number of hydrogen-bond donors (Lipinski definition) is 0. The second kappa shape index (κ2) is 10.9. The Labute approximate surface area is 322 Å². The molecule has 11 aromatic rings. The summed E-state index contributed by atoms with van der Waals surface area (Å²) in [4.78, 5) is 0. The fourth-order valence-corrected chi connectivity index (χ4v) is 10.4. The maximum absolute atomic E-state index is 7.27. The number of hydrogen-bond acceptors (Lipinski definition) is 1. The molecule has 0 atom stereocenters. The molecule has 2 aromatic heterocycles. The third-order valence-electron chi connectivity index (χ3n) is 12.6. The standard InChI is InChI=1S/C53H32N2O/c1-2-14-36-33(13-1)25-32-48-50(36)41-30-31-45-52(56-49-24-12-9-21-44(49)53(45)42-19-7-3-15-37(42)38-16-4-8-20-43(38)53)51(41)55(48)35-28-26-34(27-29-35)54-46-22-10-5-17-39(46)40-18-6-11-23-47(40)54/h1-32H. The van der Waals surface area contributed by atoms with Crippen LogP contribution in [0.25, 0.3) is 76.9 Å². The molecule has 13 rings (SSSR count). The van der Waals surface area contributed by atoms with Crippen molar-refractivity contribution in [2.45, 2.75) is 5.41 Å². The van der Waals surface area contributed by atoms with Crippen molar-refractivity contribution >= 4 is 54.4 Å².